The standard InChI is InChI=1S/C27H21BrN2O4S2/c28-20-14-18(11-12-19(20)17-9-5-2-6-10-17)36-21-15-35-26-23(25(32)30(26)24(21)27(33)34)29-22(31)13-16-7-3-1-4-8-16/h1-12,14,23,26H,13,15H2,(H,29,31)(H,33,34)/t23-,26-/m1/s1. The zero-order valence-electron chi connectivity index (χ0n) is 18.9. The van der Waals surface area contributed by atoms with Crippen molar-refractivity contribution >= 4 is 57.2 Å². The van der Waals surface area contributed by atoms with Crippen LogP contribution in [0.25, 0.3) is 11.1 Å². The maximum Gasteiger partial charge on any atom is 0.353 e. The molecular formula is C27H21BrN2O4S2. The number of carbonyl (C=O) groups excluding carboxylic acids is 2. The van der Waals surface area contributed by atoms with Gasteiger partial charge in [-0.15, -0.1) is 11.8 Å². The number of halogens is 1. The van der Waals surface area contributed by atoms with E-state index in [9.17, 15) is 19.5 Å². The second-order valence-electron chi connectivity index (χ2n) is 8.30. The zero-order chi connectivity index (χ0) is 25.2. The zero-order valence-corrected chi connectivity index (χ0v) is 22.1. The van der Waals surface area contributed by atoms with E-state index in [1.807, 2.05) is 78.9 Å². The fourth-order valence-electron chi connectivity index (χ4n) is 4.23. The smallest absolute Gasteiger partial charge is 0.353 e. The minimum atomic E-state index is -1.15. The number of hydrogen-bond donors (Lipinski definition) is 2. The van der Waals surface area contributed by atoms with Crippen LogP contribution in [0.15, 0.2) is 98.8 Å². The molecule has 0 aromatic heterocycles. The lowest BCUT2D eigenvalue weighted by molar-refractivity contribution is -0.150. The molecule has 0 saturated carbocycles. The number of β-lactam (4-membered cyclic amide) rings is 1. The van der Waals surface area contributed by atoms with Gasteiger partial charge in [0.2, 0.25) is 5.91 Å². The third kappa shape index (κ3) is 4.96. The average molecular weight is 582 g/mol. The first kappa shape index (κ1) is 24.7. The van der Waals surface area contributed by atoms with Crippen molar-refractivity contribution in [1.29, 1.82) is 0 Å². The molecule has 5 rings (SSSR count). The average Bonchev–Trinajstić information content (AvgIpc) is 2.88. The van der Waals surface area contributed by atoms with E-state index >= 15 is 0 Å². The van der Waals surface area contributed by atoms with Gasteiger partial charge in [-0.25, -0.2) is 4.79 Å². The topological polar surface area (TPSA) is 86.7 Å². The van der Waals surface area contributed by atoms with Crippen LogP contribution in [0.2, 0.25) is 0 Å². The van der Waals surface area contributed by atoms with Crippen molar-refractivity contribution in [2.45, 2.75) is 22.7 Å². The Hall–Kier alpha value is -3.01. The van der Waals surface area contributed by atoms with Crippen molar-refractivity contribution in [3.63, 3.8) is 0 Å². The van der Waals surface area contributed by atoms with Gasteiger partial charge in [0, 0.05) is 20.0 Å². The minimum Gasteiger partial charge on any atom is -0.477 e. The second kappa shape index (κ2) is 10.5. The van der Waals surface area contributed by atoms with Gasteiger partial charge in [0.05, 0.1) is 6.42 Å². The maximum absolute atomic E-state index is 12.9. The highest BCUT2D eigenvalue weighted by Gasteiger charge is 2.54. The first-order chi connectivity index (χ1) is 17.4. The van der Waals surface area contributed by atoms with E-state index in [-0.39, 0.29) is 18.0 Å². The second-order valence-corrected chi connectivity index (χ2v) is 11.4. The first-order valence-corrected chi connectivity index (χ1v) is 13.9. The van der Waals surface area contributed by atoms with Crippen LogP contribution in [0, 0.1) is 0 Å². The quantitative estimate of drug-likeness (QED) is 0.376. The molecule has 0 aliphatic carbocycles. The summed E-state index contributed by atoms with van der Waals surface area (Å²) in [6, 6.07) is 24.4. The Bertz CT molecular complexity index is 1360. The fourth-order valence-corrected chi connectivity index (χ4v) is 7.50. The maximum atomic E-state index is 12.9. The van der Waals surface area contributed by atoms with E-state index in [2.05, 4.69) is 21.2 Å². The molecule has 1 fully saturated rings. The highest BCUT2D eigenvalue weighted by molar-refractivity contribution is 9.10. The summed E-state index contributed by atoms with van der Waals surface area (Å²) in [5.41, 5.74) is 2.96. The van der Waals surface area contributed by atoms with Crippen LogP contribution in [0.3, 0.4) is 0 Å². The largest absolute Gasteiger partial charge is 0.477 e. The molecule has 0 spiro atoms. The van der Waals surface area contributed by atoms with Crippen molar-refractivity contribution in [1.82, 2.24) is 10.2 Å². The van der Waals surface area contributed by atoms with E-state index < -0.39 is 23.3 Å². The first-order valence-electron chi connectivity index (χ1n) is 11.2. The molecule has 3 aromatic rings. The van der Waals surface area contributed by atoms with Crippen LogP contribution in [-0.4, -0.2) is 45.0 Å². The van der Waals surface area contributed by atoms with E-state index in [1.54, 1.807) is 0 Å². The minimum absolute atomic E-state index is 0.00873. The van der Waals surface area contributed by atoms with Gasteiger partial charge in [0.1, 0.15) is 17.1 Å². The number of nitrogens with one attached hydrogen (secondary N) is 1. The lowest BCUT2D eigenvalue weighted by Gasteiger charge is -2.49. The number of thioether (sulfide) groups is 2. The van der Waals surface area contributed by atoms with Gasteiger partial charge in [0.15, 0.2) is 0 Å². The number of aliphatic carboxylic acids is 1. The number of benzene rings is 3. The number of hydrogen-bond acceptors (Lipinski definition) is 5. The molecule has 0 radical (unpaired) electrons. The van der Waals surface area contributed by atoms with Gasteiger partial charge in [-0.05, 0) is 28.8 Å². The molecule has 0 bridgehead atoms. The predicted octanol–water partition coefficient (Wildman–Crippen LogP) is 5.15. The third-order valence-corrected chi connectivity index (χ3v) is 9.12. The predicted molar refractivity (Wildman–Crippen MR) is 145 cm³/mol. The van der Waals surface area contributed by atoms with E-state index in [4.69, 9.17) is 0 Å². The van der Waals surface area contributed by atoms with Crippen molar-refractivity contribution in [2.75, 3.05) is 5.75 Å². The Morgan fingerprint density at radius 1 is 1.06 bits per heavy atom. The molecule has 36 heavy (non-hydrogen) atoms. The van der Waals surface area contributed by atoms with Crippen molar-refractivity contribution in [3.05, 3.63) is 99.5 Å². The summed E-state index contributed by atoms with van der Waals surface area (Å²) in [7, 11) is 0. The normalized spacial score (nSPS) is 18.9. The van der Waals surface area contributed by atoms with Crippen molar-refractivity contribution in [2.24, 2.45) is 0 Å². The Morgan fingerprint density at radius 3 is 2.42 bits per heavy atom. The molecule has 0 unspecified atom stereocenters. The number of carboxylic acids is 1. The lowest BCUT2D eigenvalue weighted by atomic mass is 10.0. The number of carboxylic acid groups (broad SMARTS) is 1. The molecule has 1 saturated heterocycles. The highest BCUT2D eigenvalue weighted by atomic mass is 79.9. The number of amides is 2. The summed E-state index contributed by atoms with van der Waals surface area (Å²) in [6.07, 6.45) is 0.165. The Labute approximate surface area is 225 Å². The molecule has 2 atom stereocenters. The van der Waals surface area contributed by atoms with Gasteiger partial charge < -0.3 is 10.4 Å². The Morgan fingerprint density at radius 2 is 1.75 bits per heavy atom. The molecule has 9 heteroatoms. The number of carbonyl (C=O) groups is 3. The molecule has 2 N–H and O–H groups in total. The Kier molecular flexibility index (Phi) is 7.22. The summed E-state index contributed by atoms with van der Waals surface area (Å²) in [6.45, 7) is 0. The molecule has 6 nitrogen and oxygen atoms in total. The molecule has 182 valence electrons. The summed E-state index contributed by atoms with van der Waals surface area (Å²) in [5.74, 6) is -1.37. The van der Waals surface area contributed by atoms with Crippen LogP contribution >= 0.6 is 39.5 Å². The molecule has 3 aromatic carbocycles. The van der Waals surface area contributed by atoms with E-state index in [0.717, 1.165) is 26.1 Å². The van der Waals surface area contributed by atoms with Crippen molar-refractivity contribution < 1.29 is 19.5 Å². The van der Waals surface area contributed by atoms with Crippen molar-refractivity contribution in [3.8, 4) is 11.1 Å². The van der Waals surface area contributed by atoms with Gasteiger partial charge in [-0.1, -0.05) is 94.4 Å². The van der Waals surface area contributed by atoms with E-state index in [1.165, 1.54) is 28.4 Å². The summed E-state index contributed by atoms with van der Waals surface area (Å²) in [5, 5.41) is 12.3. The van der Waals surface area contributed by atoms with Crippen LogP contribution in [0.1, 0.15) is 5.56 Å². The monoisotopic (exact) mass is 580 g/mol. The summed E-state index contributed by atoms with van der Waals surface area (Å²) >= 11 is 6.44. The summed E-state index contributed by atoms with van der Waals surface area (Å²) in [4.78, 5) is 40.4. The van der Waals surface area contributed by atoms with E-state index in [0.29, 0.717) is 10.7 Å². The van der Waals surface area contributed by atoms with Gasteiger partial charge in [-0.3, -0.25) is 14.5 Å². The lowest BCUT2D eigenvalue weighted by Crippen LogP contribution is -2.70. The Balaban J connectivity index is 1.31. The molecule has 2 amide bonds. The van der Waals surface area contributed by atoms with Crippen LogP contribution < -0.4 is 5.32 Å². The summed E-state index contributed by atoms with van der Waals surface area (Å²) < 4.78 is 0.902. The van der Waals surface area contributed by atoms with Crippen LogP contribution in [0.4, 0.5) is 0 Å². The number of rotatable bonds is 7. The van der Waals surface area contributed by atoms with Gasteiger partial charge in [0.25, 0.3) is 5.91 Å². The highest BCUT2D eigenvalue weighted by Crippen LogP contribution is 2.46. The van der Waals surface area contributed by atoms with Crippen LogP contribution in [-0.2, 0) is 20.8 Å². The number of nitrogens with zero attached hydrogens (tertiary/aromatic N) is 1. The van der Waals surface area contributed by atoms with Gasteiger partial charge in [-0.2, -0.15) is 0 Å². The molecule has 2 aliphatic rings. The third-order valence-electron chi connectivity index (χ3n) is 5.93. The van der Waals surface area contributed by atoms with Gasteiger partial charge >= 0.3 is 5.97 Å². The SMILES string of the molecule is O=C(Cc1ccccc1)N[C@@H]1C(=O)N2C(C(=O)O)=C(Sc3ccc(-c4ccccc4)c(Br)c3)CS[C@H]12. The fraction of sp³-hybridized carbons (Fsp3) is 0.148. The molecule has 2 heterocycles. The molecular weight excluding hydrogens is 560 g/mol. The number of fused-ring (bicyclic) bond motifs is 1. The molecule has 2 aliphatic heterocycles. The van der Waals surface area contributed by atoms with Crippen LogP contribution in [0.5, 0.6) is 0 Å².